The van der Waals surface area contributed by atoms with Gasteiger partial charge in [-0.1, -0.05) is 43.3 Å². The van der Waals surface area contributed by atoms with Gasteiger partial charge in [-0.05, 0) is 36.6 Å². The molecule has 5 heteroatoms. The van der Waals surface area contributed by atoms with E-state index in [4.69, 9.17) is 0 Å². The molecule has 1 aromatic heterocycles. The topological polar surface area (TPSA) is 56.0 Å². The van der Waals surface area contributed by atoms with Crippen LogP contribution in [0.1, 0.15) is 30.9 Å². The molecule has 0 atom stereocenters. The Labute approximate surface area is 153 Å². The summed E-state index contributed by atoms with van der Waals surface area (Å²) in [4.78, 5) is 25.0. The molecule has 136 valence electrons. The van der Waals surface area contributed by atoms with Gasteiger partial charge in [-0.2, -0.15) is 0 Å². The van der Waals surface area contributed by atoms with Crippen LogP contribution in [0.25, 0.3) is 11.0 Å². The zero-order chi connectivity index (χ0) is 18.5. The standard InChI is InChI=1S/C21H25N3O2/c1-3-13-23-18-10-6-7-11-19(18)24(21(23)26)14-12-20(25)22-15-17-9-5-4-8-16(17)2/h4-11H,3,12-15H2,1-2H3,(H,22,25). The first-order chi connectivity index (χ1) is 12.6. The summed E-state index contributed by atoms with van der Waals surface area (Å²) in [5.41, 5.74) is 4.04. The molecule has 3 aromatic rings. The minimum absolute atomic E-state index is 0.0419. The highest BCUT2D eigenvalue weighted by atomic mass is 16.2. The molecule has 1 N–H and O–H groups in total. The summed E-state index contributed by atoms with van der Waals surface area (Å²) in [6.07, 6.45) is 1.18. The highest BCUT2D eigenvalue weighted by molar-refractivity contribution is 5.78. The summed E-state index contributed by atoms with van der Waals surface area (Å²) in [7, 11) is 0. The largest absolute Gasteiger partial charge is 0.352 e. The molecule has 1 heterocycles. The fraction of sp³-hybridized carbons (Fsp3) is 0.333. The maximum absolute atomic E-state index is 12.7. The van der Waals surface area contributed by atoms with Crippen LogP contribution in [0.15, 0.2) is 53.3 Å². The van der Waals surface area contributed by atoms with Gasteiger partial charge in [0, 0.05) is 26.1 Å². The number of carbonyl (C=O) groups is 1. The Bertz CT molecular complexity index is 969. The Balaban J connectivity index is 1.70. The lowest BCUT2D eigenvalue weighted by Gasteiger charge is -2.08. The van der Waals surface area contributed by atoms with Crippen molar-refractivity contribution in [2.45, 2.75) is 46.3 Å². The van der Waals surface area contributed by atoms with E-state index < -0.39 is 0 Å². The first-order valence-corrected chi connectivity index (χ1v) is 9.11. The van der Waals surface area contributed by atoms with Gasteiger partial charge in [0.15, 0.2) is 0 Å². The smallest absolute Gasteiger partial charge is 0.329 e. The molecule has 0 fully saturated rings. The molecule has 0 radical (unpaired) electrons. The van der Waals surface area contributed by atoms with Crippen LogP contribution >= 0.6 is 0 Å². The second kappa shape index (κ2) is 8.04. The van der Waals surface area contributed by atoms with Crippen molar-refractivity contribution in [1.82, 2.24) is 14.5 Å². The number of carbonyl (C=O) groups excluding carboxylic acids is 1. The number of rotatable bonds is 7. The Morgan fingerprint density at radius 1 is 0.962 bits per heavy atom. The molecule has 0 aliphatic rings. The summed E-state index contributed by atoms with van der Waals surface area (Å²) in [5.74, 6) is -0.0486. The number of nitrogens with one attached hydrogen (secondary N) is 1. The van der Waals surface area contributed by atoms with Gasteiger partial charge in [0.2, 0.25) is 5.91 Å². The van der Waals surface area contributed by atoms with Gasteiger partial charge >= 0.3 is 5.69 Å². The molecular weight excluding hydrogens is 326 g/mol. The first kappa shape index (κ1) is 18.0. The second-order valence-electron chi connectivity index (χ2n) is 6.53. The molecule has 2 aromatic carbocycles. The number of benzene rings is 2. The van der Waals surface area contributed by atoms with E-state index >= 15 is 0 Å². The summed E-state index contributed by atoms with van der Waals surface area (Å²) >= 11 is 0. The van der Waals surface area contributed by atoms with Crippen LogP contribution in [0.2, 0.25) is 0 Å². The monoisotopic (exact) mass is 351 g/mol. The van der Waals surface area contributed by atoms with E-state index in [1.165, 1.54) is 0 Å². The molecule has 0 bridgehead atoms. The zero-order valence-electron chi connectivity index (χ0n) is 15.4. The number of hydrogen-bond donors (Lipinski definition) is 1. The molecule has 3 rings (SSSR count). The van der Waals surface area contributed by atoms with Gasteiger partial charge in [0.05, 0.1) is 11.0 Å². The normalized spacial score (nSPS) is 11.0. The van der Waals surface area contributed by atoms with E-state index in [1.54, 1.807) is 9.13 Å². The number of fused-ring (bicyclic) bond motifs is 1. The van der Waals surface area contributed by atoms with Crippen LogP contribution in [-0.2, 0) is 24.4 Å². The van der Waals surface area contributed by atoms with E-state index in [9.17, 15) is 9.59 Å². The van der Waals surface area contributed by atoms with E-state index in [1.807, 2.05) is 55.5 Å². The van der Waals surface area contributed by atoms with Crippen molar-refractivity contribution in [3.8, 4) is 0 Å². The number of hydrogen-bond acceptors (Lipinski definition) is 2. The SMILES string of the molecule is CCCn1c(=O)n(CCC(=O)NCc2ccccc2C)c2ccccc21. The maximum Gasteiger partial charge on any atom is 0.329 e. The van der Waals surface area contributed by atoms with E-state index in [-0.39, 0.29) is 18.0 Å². The molecule has 0 spiro atoms. The second-order valence-corrected chi connectivity index (χ2v) is 6.53. The zero-order valence-corrected chi connectivity index (χ0v) is 15.4. The predicted octanol–water partition coefficient (Wildman–Crippen LogP) is 3.23. The fourth-order valence-corrected chi connectivity index (χ4v) is 3.23. The van der Waals surface area contributed by atoms with Gasteiger partial charge in [-0.15, -0.1) is 0 Å². The van der Waals surface area contributed by atoms with Crippen LogP contribution in [0.3, 0.4) is 0 Å². The van der Waals surface area contributed by atoms with E-state index in [0.29, 0.717) is 19.6 Å². The quantitative estimate of drug-likeness (QED) is 0.710. The van der Waals surface area contributed by atoms with Crippen molar-refractivity contribution in [2.75, 3.05) is 0 Å². The molecular formula is C21H25N3O2. The minimum Gasteiger partial charge on any atom is -0.352 e. The summed E-state index contributed by atoms with van der Waals surface area (Å²) in [6, 6.07) is 15.8. The van der Waals surface area contributed by atoms with E-state index in [2.05, 4.69) is 12.2 Å². The Morgan fingerprint density at radius 2 is 1.58 bits per heavy atom. The maximum atomic E-state index is 12.7. The Hall–Kier alpha value is -2.82. The van der Waals surface area contributed by atoms with Crippen LogP contribution in [0.4, 0.5) is 0 Å². The molecule has 0 saturated carbocycles. The summed E-state index contributed by atoms with van der Waals surface area (Å²) in [6.45, 7) is 5.67. The van der Waals surface area contributed by atoms with Crippen molar-refractivity contribution in [3.05, 3.63) is 70.1 Å². The third kappa shape index (κ3) is 3.72. The van der Waals surface area contributed by atoms with Crippen LogP contribution < -0.4 is 11.0 Å². The highest BCUT2D eigenvalue weighted by Gasteiger charge is 2.13. The highest BCUT2D eigenvalue weighted by Crippen LogP contribution is 2.13. The molecule has 0 aliphatic carbocycles. The van der Waals surface area contributed by atoms with Gasteiger partial charge < -0.3 is 5.32 Å². The fourth-order valence-electron chi connectivity index (χ4n) is 3.23. The van der Waals surface area contributed by atoms with Crippen LogP contribution in [-0.4, -0.2) is 15.0 Å². The van der Waals surface area contributed by atoms with Gasteiger partial charge in [0.25, 0.3) is 0 Å². The lowest BCUT2D eigenvalue weighted by molar-refractivity contribution is -0.121. The van der Waals surface area contributed by atoms with Crippen LogP contribution in [0, 0.1) is 6.92 Å². The van der Waals surface area contributed by atoms with Crippen molar-refractivity contribution < 1.29 is 4.79 Å². The first-order valence-electron chi connectivity index (χ1n) is 9.11. The average Bonchev–Trinajstić information content (AvgIpc) is 2.91. The summed E-state index contributed by atoms with van der Waals surface area (Å²) in [5, 5.41) is 2.95. The number of para-hydroxylation sites is 2. The molecule has 26 heavy (non-hydrogen) atoms. The third-order valence-electron chi connectivity index (χ3n) is 4.67. The molecule has 0 saturated heterocycles. The minimum atomic E-state index is -0.0486. The summed E-state index contributed by atoms with van der Waals surface area (Å²) < 4.78 is 3.50. The number of nitrogens with zero attached hydrogens (tertiary/aromatic N) is 2. The molecule has 0 aliphatic heterocycles. The van der Waals surface area contributed by atoms with Crippen molar-refractivity contribution in [1.29, 1.82) is 0 Å². The lowest BCUT2D eigenvalue weighted by atomic mass is 10.1. The number of amides is 1. The molecule has 1 amide bonds. The third-order valence-corrected chi connectivity index (χ3v) is 4.67. The van der Waals surface area contributed by atoms with Crippen LogP contribution in [0.5, 0.6) is 0 Å². The van der Waals surface area contributed by atoms with E-state index in [0.717, 1.165) is 28.6 Å². The lowest BCUT2D eigenvalue weighted by Crippen LogP contribution is -2.28. The molecule has 0 unspecified atom stereocenters. The van der Waals surface area contributed by atoms with Gasteiger partial charge in [0.1, 0.15) is 0 Å². The van der Waals surface area contributed by atoms with Crippen molar-refractivity contribution >= 4 is 16.9 Å². The van der Waals surface area contributed by atoms with Crippen molar-refractivity contribution in [2.24, 2.45) is 0 Å². The average molecular weight is 351 g/mol. The van der Waals surface area contributed by atoms with Crippen molar-refractivity contribution in [3.63, 3.8) is 0 Å². The number of aromatic nitrogens is 2. The molecule has 5 nitrogen and oxygen atoms in total. The number of imidazole rings is 1. The Kier molecular flexibility index (Phi) is 5.56. The van der Waals surface area contributed by atoms with Gasteiger partial charge in [-0.25, -0.2) is 4.79 Å². The number of aryl methyl sites for hydroxylation is 3. The van der Waals surface area contributed by atoms with Gasteiger partial charge in [-0.3, -0.25) is 13.9 Å². The predicted molar refractivity (Wildman–Crippen MR) is 104 cm³/mol. The Morgan fingerprint density at radius 3 is 2.23 bits per heavy atom.